The minimum absolute atomic E-state index is 0.0329. The molecule has 0 aliphatic rings. The summed E-state index contributed by atoms with van der Waals surface area (Å²) in [4.78, 5) is 14.8. The quantitative estimate of drug-likeness (QED) is 0.798. The Kier molecular flexibility index (Phi) is 6.86. The summed E-state index contributed by atoms with van der Waals surface area (Å²) < 4.78 is 10.9. The van der Waals surface area contributed by atoms with Crippen molar-refractivity contribution in [3.63, 3.8) is 0 Å². The van der Waals surface area contributed by atoms with Crippen LogP contribution in [0, 0.1) is 20.8 Å². The molecule has 0 fully saturated rings. The molecule has 0 aliphatic heterocycles. The summed E-state index contributed by atoms with van der Waals surface area (Å²) in [6.45, 7) is 8.57. The number of benzene rings is 2. The molecule has 2 aromatic carbocycles. The third kappa shape index (κ3) is 4.80. The summed E-state index contributed by atoms with van der Waals surface area (Å²) in [6, 6.07) is 9.63. The maximum Gasteiger partial charge on any atom is 0.241 e. The number of ether oxygens (including phenoxy) is 2. The first-order valence-corrected chi connectivity index (χ1v) is 9.07. The van der Waals surface area contributed by atoms with Crippen LogP contribution in [-0.4, -0.2) is 38.1 Å². The lowest BCUT2D eigenvalue weighted by molar-refractivity contribution is -0.120. The van der Waals surface area contributed by atoms with Gasteiger partial charge in [0.25, 0.3) is 0 Å². The summed E-state index contributed by atoms with van der Waals surface area (Å²) in [5.74, 6) is 1.35. The molecule has 0 saturated carbocycles. The minimum atomic E-state index is -0.305. The van der Waals surface area contributed by atoms with Crippen LogP contribution < -0.4 is 14.8 Å². The predicted octanol–water partition coefficient (Wildman–Crippen LogP) is 4.09. The van der Waals surface area contributed by atoms with Gasteiger partial charge >= 0.3 is 0 Å². The Morgan fingerprint density at radius 3 is 2.30 bits per heavy atom. The highest BCUT2D eigenvalue weighted by Gasteiger charge is 2.21. The fourth-order valence-electron chi connectivity index (χ4n) is 3.29. The Bertz CT molecular complexity index is 794. The molecule has 0 heterocycles. The van der Waals surface area contributed by atoms with Gasteiger partial charge in [0.1, 0.15) is 0 Å². The van der Waals surface area contributed by atoms with Gasteiger partial charge in [-0.3, -0.25) is 9.69 Å². The van der Waals surface area contributed by atoms with Crippen LogP contribution in [-0.2, 0) is 11.3 Å². The number of hydrogen-bond donors (Lipinski definition) is 1. The normalized spacial score (nSPS) is 12.0. The minimum Gasteiger partial charge on any atom is -0.493 e. The number of aryl methyl sites for hydroxylation is 3. The molecule has 1 amide bonds. The van der Waals surface area contributed by atoms with Gasteiger partial charge in [0.15, 0.2) is 11.5 Å². The highest BCUT2D eigenvalue weighted by atomic mass is 16.5. The number of nitrogens with zero attached hydrogens (tertiary/aromatic N) is 1. The lowest BCUT2D eigenvalue weighted by atomic mass is 10.0. The van der Waals surface area contributed by atoms with E-state index in [-0.39, 0.29) is 11.9 Å². The maximum atomic E-state index is 12.8. The van der Waals surface area contributed by atoms with Gasteiger partial charge < -0.3 is 14.8 Å². The molecule has 5 heteroatoms. The second kappa shape index (κ2) is 8.91. The zero-order valence-electron chi connectivity index (χ0n) is 17.3. The maximum absolute atomic E-state index is 12.8. The van der Waals surface area contributed by atoms with Crippen molar-refractivity contribution in [3.05, 3.63) is 52.6 Å². The van der Waals surface area contributed by atoms with E-state index in [1.54, 1.807) is 14.2 Å². The lowest BCUT2D eigenvalue weighted by Gasteiger charge is -2.26. The average Bonchev–Trinajstić information content (AvgIpc) is 2.63. The molecule has 146 valence electrons. The molecule has 0 aliphatic carbocycles. The van der Waals surface area contributed by atoms with Gasteiger partial charge in [0.2, 0.25) is 5.91 Å². The SMILES string of the molecule is COc1cccc(CN(C)[C@@H](C)C(=O)Nc2c(C)cc(C)cc2C)c1OC. The van der Waals surface area contributed by atoms with Crippen molar-refractivity contribution in [1.29, 1.82) is 0 Å². The topological polar surface area (TPSA) is 50.8 Å². The van der Waals surface area contributed by atoms with Crippen molar-refractivity contribution in [1.82, 2.24) is 4.90 Å². The zero-order valence-corrected chi connectivity index (χ0v) is 17.3. The van der Waals surface area contributed by atoms with Gasteiger partial charge in [-0.1, -0.05) is 29.8 Å². The number of methoxy groups -OCH3 is 2. The van der Waals surface area contributed by atoms with E-state index in [0.717, 1.165) is 22.4 Å². The molecule has 0 radical (unpaired) electrons. The Balaban J connectivity index is 2.14. The summed E-state index contributed by atoms with van der Waals surface area (Å²) >= 11 is 0. The van der Waals surface area contributed by atoms with Gasteiger partial charge in [0.05, 0.1) is 20.3 Å². The van der Waals surface area contributed by atoms with Crippen molar-refractivity contribution in [2.75, 3.05) is 26.6 Å². The van der Waals surface area contributed by atoms with Crippen LogP contribution in [0.2, 0.25) is 0 Å². The molecular formula is C22H30N2O3. The number of likely N-dealkylation sites (N-methyl/N-ethyl adjacent to an activating group) is 1. The van der Waals surface area contributed by atoms with Crippen molar-refractivity contribution < 1.29 is 14.3 Å². The number of para-hydroxylation sites is 1. The predicted molar refractivity (Wildman–Crippen MR) is 110 cm³/mol. The first-order chi connectivity index (χ1) is 12.8. The van der Waals surface area contributed by atoms with E-state index >= 15 is 0 Å². The number of amides is 1. The molecule has 1 atom stereocenters. The number of carbonyl (C=O) groups excluding carboxylic acids is 1. The summed E-state index contributed by atoms with van der Waals surface area (Å²) in [6.07, 6.45) is 0. The fraction of sp³-hybridized carbons (Fsp3) is 0.409. The van der Waals surface area contributed by atoms with Gasteiger partial charge in [-0.05, 0) is 51.9 Å². The second-order valence-electron chi connectivity index (χ2n) is 7.01. The van der Waals surface area contributed by atoms with Crippen LogP contribution in [0.15, 0.2) is 30.3 Å². The molecule has 0 spiro atoms. The van der Waals surface area contributed by atoms with E-state index < -0.39 is 0 Å². The van der Waals surface area contributed by atoms with Crippen molar-refractivity contribution in [3.8, 4) is 11.5 Å². The summed E-state index contributed by atoms with van der Waals surface area (Å²) in [7, 11) is 5.17. The summed E-state index contributed by atoms with van der Waals surface area (Å²) in [5.41, 5.74) is 5.21. The number of nitrogens with one attached hydrogen (secondary N) is 1. The molecule has 2 aromatic rings. The molecule has 27 heavy (non-hydrogen) atoms. The van der Waals surface area contributed by atoms with Crippen LogP contribution in [0.25, 0.3) is 0 Å². The molecule has 5 nitrogen and oxygen atoms in total. The molecule has 2 rings (SSSR count). The van der Waals surface area contributed by atoms with Crippen molar-refractivity contribution >= 4 is 11.6 Å². The Hall–Kier alpha value is -2.53. The van der Waals surface area contributed by atoms with Gasteiger partial charge in [-0.2, -0.15) is 0 Å². The van der Waals surface area contributed by atoms with Crippen LogP contribution in [0.3, 0.4) is 0 Å². The second-order valence-corrected chi connectivity index (χ2v) is 7.01. The van der Waals surface area contributed by atoms with Gasteiger partial charge in [-0.15, -0.1) is 0 Å². The Labute approximate surface area is 162 Å². The largest absolute Gasteiger partial charge is 0.493 e. The van der Waals surface area contributed by atoms with E-state index in [2.05, 4.69) is 24.4 Å². The van der Waals surface area contributed by atoms with E-state index in [4.69, 9.17) is 9.47 Å². The monoisotopic (exact) mass is 370 g/mol. The molecule has 1 N–H and O–H groups in total. The first kappa shape index (κ1) is 20.8. The van der Waals surface area contributed by atoms with Crippen LogP contribution in [0.4, 0.5) is 5.69 Å². The Morgan fingerprint density at radius 2 is 1.74 bits per heavy atom. The van der Waals surface area contributed by atoms with E-state index in [1.165, 1.54) is 5.56 Å². The van der Waals surface area contributed by atoms with E-state index in [1.807, 2.05) is 50.9 Å². The molecular weight excluding hydrogens is 340 g/mol. The smallest absolute Gasteiger partial charge is 0.241 e. The van der Waals surface area contributed by atoms with Crippen LogP contribution in [0.1, 0.15) is 29.2 Å². The number of rotatable bonds is 7. The number of carbonyl (C=O) groups is 1. The third-order valence-corrected chi connectivity index (χ3v) is 4.87. The highest BCUT2D eigenvalue weighted by molar-refractivity contribution is 5.95. The zero-order chi connectivity index (χ0) is 20.1. The van der Waals surface area contributed by atoms with Crippen LogP contribution >= 0.6 is 0 Å². The number of hydrogen-bond acceptors (Lipinski definition) is 4. The van der Waals surface area contributed by atoms with Crippen molar-refractivity contribution in [2.24, 2.45) is 0 Å². The fourth-order valence-corrected chi connectivity index (χ4v) is 3.29. The first-order valence-electron chi connectivity index (χ1n) is 9.07. The molecule has 0 bridgehead atoms. The van der Waals surface area contributed by atoms with E-state index in [0.29, 0.717) is 18.0 Å². The van der Waals surface area contributed by atoms with Crippen molar-refractivity contribution in [2.45, 2.75) is 40.3 Å². The highest BCUT2D eigenvalue weighted by Crippen LogP contribution is 2.31. The van der Waals surface area contributed by atoms with Crippen LogP contribution in [0.5, 0.6) is 11.5 Å². The Morgan fingerprint density at radius 1 is 1.11 bits per heavy atom. The molecule has 0 aromatic heterocycles. The standard InChI is InChI=1S/C22H30N2O3/c1-14-11-15(2)20(16(3)12-14)23-22(25)17(4)24(5)13-18-9-8-10-19(26-6)21(18)27-7/h8-12,17H,13H2,1-7H3,(H,23,25)/t17-/m0/s1. The average molecular weight is 370 g/mol. The lowest BCUT2D eigenvalue weighted by Crippen LogP contribution is -2.39. The summed E-state index contributed by atoms with van der Waals surface area (Å²) in [5, 5.41) is 3.09. The van der Waals surface area contributed by atoms with Gasteiger partial charge in [0, 0.05) is 17.8 Å². The van der Waals surface area contributed by atoms with Gasteiger partial charge in [-0.25, -0.2) is 0 Å². The molecule has 0 saturated heterocycles. The molecule has 0 unspecified atom stereocenters. The third-order valence-electron chi connectivity index (χ3n) is 4.87. The van der Waals surface area contributed by atoms with E-state index in [9.17, 15) is 4.79 Å². The number of anilines is 1.